The van der Waals surface area contributed by atoms with Gasteiger partial charge in [0.05, 0.1) is 20.3 Å². The molecule has 0 aliphatic rings. The molecule has 0 saturated carbocycles. The van der Waals surface area contributed by atoms with Crippen molar-refractivity contribution in [3.8, 4) is 11.5 Å². The van der Waals surface area contributed by atoms with E-state index < -0.39 is 0 Å². The third-order valence-electron chi connectivity index (χ3n) is 2.67. The van der Waals surface area contributed by atoms with Crippen LogP contribution in [0.3, 0.4) is 0 Å². The molecule has 0 saturated heterocycles. The average Bonchev–Trinajstić information content (AvgIpc) is 2.90. The van der Waals surface area contributed by atoms with Crippen LogP contribution in [-0.2, 0) is 0 Å². The molecule has 0 fully saturated rings. The highest BCUT2D eigenvalue weighted by molar-refractivity contribution is 7.08. The van der Waals surface area contributed by atoms with Gasteiger partial charge in [-0.3, -0.25) is 0 Å². The number of methoxy groups -OCH3 is 2. The first-order chi connectivity index (χ1) is 8.27. The van der Waals surface area contributed by atoms with E-state index in [1.807, 2.05) is 35.0 Å². The first-order valence-electron chi connectivity index (χ1n) is 5.26. The summed E-state index contributed by atoms with van der Waals surface area (Å²) in [7, 11) is 3.25. The molecule has 0 aliphatic heterocycles. The predicted molar refractivity (Wildman–Crippen MR) is 69.9 cm³/mol. The van der Waals surface area contributed by atoms with Gasteiger partial charge in [0.1, 0.15) is 0 Å². The van der Waals surface area contributed by atoms with Crippen LogP contribution >= 0.6 is 11.3 Å². The van der Waals surface area contributed by atoms with E-state index in [0.717, 1.165) is 11.1 Å². The lowest BCUT2D eigenvalue weighted by atomic mass is 10.0. The van der Waals surface area contributed by atoms with Crippen molar-refractivity contribution in [1.82, 2.24) is 0 Å². The highest BCUT2D eigenvalue weighted by Crippen LogP contribution is 2.36. The maximum Gasteiger partial charge on any atom is 0.165 e. The van der Waals surface area contributed by atoms with Gasteiger partial charge >= 0.3 is 0 Å². The van der Waals surface area contributed by atoms with Gasteiger partial charge in [-0.2, -0.15) is 11.3 Å². The number of rotatable bonds is 4. The molecule has 3 nitrogen and oxygen atoms in total. The van der Waals surface area contributed by atoms with E-state index in [-0.39, 0.29) is 6.04 Å². The van der Waals surface area contributed by atoms with Gasteiger partial charge in [0, 0.05) is 5.56 Å². The Morgan fingerprint density at radius 3 is 2.59 bits per heavy atom. The molecule has 0 radical (unpaired) electrons. The second-order valence-corrected chi connectivity index (χ2v) is 4.40. The predicted octanol–water partition coefficient (Wildman–Crippen LogP) is 2.81. The number of benzene rings is 1. The second-order valence-electron chi connectivity index (χ2n) is 3.62. The van der Waals surface area contributed by atoms with Crippen LogP contribution in [0.5, 0.6) is 11.5 Å². The van der Waals surface area contributed by atoms with Crippen LogP contribution in [0.4, 0.5) is 0 Å². The number of nitrogens with two attached hydrogens (primary N) is 1. The summed E-state index contributed by atoms with van der Waals surface area (Å²) in [5.74, 6) is 1.41. The Labute approximate surface area is 105 Å². The molecular formula is C13H15NO2S. The minimum Gasteiger partial charge on any atom is -0.493 e. The van der Waals surface area contributed by atoms with Crippen molar-refractivity contribution in [2.24, 2.45) is 5.73 Å². The highest BCUT2D eigenvalue weighted by Gasteiger charge is 2.17. The third-order valence-corrected chi connectivity index (χ3v) is 3.37. The standard InChI is InChI=1S/C13H15NO2S/c1-15-11-5-3-4-10(13(11)16-2)12(14)9-6-7-17-8-9/h3-8,12H,14H2,1-2H3/t12-/m1/s1. The second kappa shape index (κ2) is 5.21. The van der Waals surface area contributed by atoms with Gasteiger partial charge in [-0.05, 0) is 28.5 Å². The lowest BCUT2D eigenvalue weighted by molar-refractivity contribution is 0.350. The topological polar surface area (TPSA) is 44.5 Å². The molecule has 0 unspecified atom stereocenters. The van der Waals surface area contributed by atoms with Gasteiger partial charge in [-0.25, -0.2) is 0 Å². The van der Waals surface area contributed by atoms with Crippen LogP contribution in [0, 0.1) is 0 Å². The van der Waals surface area contributed by atoms with Crippen molar-refractivity contribution in [2.75, 3.05) is 14.2 Å². The molecule has 1 aromatic heterocycles. The van der Waals surface area contributed by atoms with Crippen molar-refractivity contribution in [1.29, 1.82) is 0 Å². The van der Waals surface area contributed by atoms with Gasteiger partial charge in [-0.15, -0.1) is 0 Å². The molecule has 90 valence electrons. The third kappa shape index (κ3) is 2.28. The molecule has 0 amide bonds. The minimum absolute atomic E-state index is 0.189. The van der Waals surface area contributed by atoms with Crippen molar-refractivity contribution < 1.29 is 9.47 Å². The van der Waals surface area contributed by atoms with Crippen LogP contribution < -0.4 is 15.2 Å². The zero-order chi connectivity index (χ0) is 12.3. The van der Waals surface area contributed by atoms with Crippen LogP contribution in [-0.4, -0.2) is 14.2 Å². The lowest BCUT2D eigenvalue weighted by Gasteiger charge is -2.17. The minimum atomic E-state index is -0.189. The van der Waals surface area contributed by atoms with Gasteiger partial charge in [-0.1, -0.05) is 12.1 Å². The normalized spacial score (nSPS) is 12.2. The Balaban J connectivity index is 2.44. The molecule has 2 rings (SSSR count). The monoisotopic (exact) mass is 249 g/mol. The van der Waals surface area contributed by atoms with E-state index in [0.29, 0.717) is 11.5 Å². The molecule has 0 aliphatic carbocycles. The Morgan fingerprint density at radius 2 is 2.00 bits per heavy atom. The summed E-state index contributed by atoms with van der Waals surface area (Å²) in [6.07, 6.45) is 0. The summed E-state index contributed by atoms with van der Waals surface area (Å²) in [6, 6.07) is 7.58. The Kier molecular flexibility index (Phi) is 3.66. The van der Waals surface area contributed by atoms with E-state index in [2.05, 4.69) is 0 Å². The first kappa shape index (κ1) is 12.0. The summed E-state index contributed by atoms with van der Waals surface area (Å²) in [4.78, 5) is 0. The molecule has 1 atom stereocenters. The number of ether oxygens (including phenoxy) is 2. The maximum absolute atomic E-state index is 6.23. The molecule has 0 spiro atoms. The van der Waals surface area contributed by atoms with E-state index in [1.165, 1.54) is 0 Å². The van der Waals surface area contributed by atoms with E-state index in [4.69, 9.17) is 15.2 Å². The van der Waals surface area contributed by atoms with Gasteiger partial charge < -0.3 is 15.2 Å². The van der Waals surface area contributed by atoms with Gasteiger partial charge in [0.15, 0.2) is 11.5 Å². The number of thiophene rings is 1. The summed E-state index contributed by atoms with van der Waals surface area (Å²) in [5.41, 5.74) is 8.25. The fourth-order valence-electron chi connectivity index (χ4n) is 1.79. The lowest BCUT2D eigenvalue weighted by Crippen LogP contribution is -2.12. The van der Waals surface area contributed by atoms with Gasteiger partial charge in [0.2, 0.25) is 0 Å². The molecule has 1 heterocycles. The molecule has 17 heavy (non-hydrogen) atoms. The van der Waals surface area contributed by atoms with Crippen LogP contribution in [0.25, 0.3) is 0 Å². The Morgan fingerprint density at radius 1 is 1.18 bits per heavy atom. The van der Waals surface area contributed by atoms with Crippen molar-refractivity contribution in [3.63, 3.8) is 0 Å². The average molecular weight is 249 g/mol. The summed E-state index contributed by atoms with van der Waals surface area (Å²) in [6.45, 7) is 0. The van der Waals surface area contributed by atoms with E-state index >= 15 is 0 Å². The van der Waals surface area contributed by atoms with E-state index in [9.17, 15) is 0 Å². The molecule has 2 N–H and O–H groups in total. The number of hydrogen-bond acceptors (Lipinski definition) is 4. The smallest absolute Gasteiger partial charge is 0.165 e. The van der Waals surface area contributed by atoms with Crippen LogP contribution in [0.2, 0.25) is 0 Å². The number of para-hydroxylation sites is 1. The zero-order valence-corrected chi connectivity index (χ0v) is 10.7. The zero-order valence-electron chi connectivity index (χ0n) is 9.84. The fourth-order valence-corrected chi connectivity index (χ4v) is 2.48. The molecule has 1 aromatic carbocycles. The quantitative estimate of drug-likeness (QED) is 0.906. The molecule has 2 aromatic rings. The molecular weight excluding hydrogens is 234 g/mol. The Bertz CT molecular complexity index is 482. The molecule has 4 heteroatoms. The van der Waals surface area contributed by atoms with Crippen LogP contribution in [0.15, 0.2) is 35.0 Å². The summed E-state index contributed by atoms with van der Waals surface area (Å²) in [5, 5.41) is 4.06. The largest absolute Gasteiger partial charge is 0.493 e. The Hall–Kier alpha value is -1.52. The van der Waals surface area contributed by atoms with Crippen molar-refractivity contribution >= 4 is 11.3 Å². The number of hydrogen-bond donors (Lipinski definition) is 1. The van der Waals surface area contributed by atoms with Crippen molar-refractivity contribution in [2.45, 2.75) is 6.04 Å². The van der Waals surface area contributed by atoms with Crippen LogP contribution in [0.1, 0.15) is 17.2 Å². The SMILES string of the molecule is COc1cccc([C@H](N)c2ccsc2)c1OC. The highest BCUT2D eigenvalue weighted by atomic mass is 32.1. The van der Waals surface area contributed by atoms with Crippen molar-refractivity contribution in [3.05, 3.63) is 46.2 Å². The fraction of sp³-hybridized carbons (Fsp3) is 0.231. The first-order valence-corrected chi connectivity index (χ1v) is 6.20. The summed E-state index contributed by atoms with van der Waals surface area (Å²) < 4.78 is 10.7. The molecule has 0 bridgehead atoms. The maximum atomic E-state index is 6.23. The van der Waals surface area contributed by atoms with Gasteiger partial charge in [0.25, 0.3) is 0 Å². The van der Waals surface area contributed by atoms with E-state index in [1.54, 1.807) is 25.6 Å². The summed E-state index contributed by atoms with van der Waals surface area (Å²) >= 11 is 1.63.